The van der Waals surface area contributed by atoms with Crippen molar-refractivity contribution in [3.05, 3.63) is 0 Å². The molecule has 0 aliphatic carbocycles. The number of hydrogen-bond acceptors (Lipinski definition) is 3. The number of rotatable bonds is 5. The average Bonchev–Trinajstić information content (AvgIpc) is 2.35. The molecule has 1 unspecified atom stereocenters. The van der Waals surface area contributed by atoms with E-state index in [1.54, 1.807) is 0 Å². The van der Waals surface area contributed by atoms with Crippen molar-refractivity contribution in [2.45, 2.75) is 33.2 Å². The van der Waals surface area contributed by atoms with Crippen LogP contribution in [0, 0.1) is 0 Å². The van der Waals surface area contributed by atoms with Gasteiger partial charge in [-0.1, -0.05) is 13.8 Å². The van der Waals surface area contributed by atoms with Gasteiger partial charge in [0.1, 0.15) is 0 Å². The van der Waals surface area contributed by atoms with Crippen LogP contribution in [-0.4, -0.2) is 61.0 Å². The second-order valence-electron chi connectivity index (χ2n) is 4.44. The predicted molar refractivity (Wildman–Crippen MR) is 66.4 cm³/mol. The maximum absolute atomic E-state index is 11.8. The van der Waals surface area contributed by atoms with E-state index in [2.05, 4.69) is 29.0 Å². The van der Waals surface area contributed by atoms with Crippen molar-refractivity contribution in [3.63, 3.8) is 0 Å². The van der Waals surface area contributed by atoms with Crippen LogP contribution in [0.15, 0.2) is 0 Å². The molecule has 1 saturated heterocycles. The Labute approximate surface area is 99.0 Å². The minimum absolute atomic E-state index is 0.0190. The minimum atomic E-state index is 0.0190. The lowest BCUT2D eigenvalue weighted by molar-refractivity contribution is -0.126. The standard InChI is InChI=1S/C12H25N3O/c1-4-6-13-12(16)11(3)15-9-7-14(5-2)8-10-15/h11H,4-10H2,1-3H3,(H,13,16). The molecule has 0 aromatic heterocycles. The van der Waals surface area contributed by atoms with Crippen LogP contribution in [0.1, 0.15) is 27.2 Å². The Morgan fingerprint density at radius 1 is 1.25 bits per heavy atom. The zero-order valence-corrected chi connectivity index (χ0v) is 10.8. The third-order valence-electron chi connectivity index (χ3n) is 3.33. The maximum Gasteiger partial charge on any atom is 0.237 e. The Kier molecular flexibility index (Phi) is 5.77. The molecule has 4 heteroatoms. The molecule has 0 aromatic carbocycles. The van der Waals surface area contributed by atoms with E-state index in [-0.39, 0.29) is 11.9 Å². The third kappa shape index (κ3) is 3.76. The molecule has 0 saturated carbocycles. The van der Waals surface area contributed by atoms with Crippen LogP contribution < -0.4 is 5.32 Å². The van der Waals surface area contributed by atoms with Gasteiger partial charge in [-0.3, -0.25) is 9.69 Å². The highest BCUT2D eigenvalue weighted by molar-refractivity contribution is 5.81. The molecule has 0 aromatic rings. The summed E-state index contributed by atoms with van der Waals surface area (Å²) in [5.41, 5.74) is 0. The molecule has 1 rings (SSSR count). The van der Waals surface area contributed by atoms with Crippen molar-refractivity contribution in [2.75, 3.05) is 39.3 Å². The van der Waals surface area contributed by atoms with Gasteiger partial charge >= 0.3 is 0 Å². The summed E-state index contributed by atoms with van der Waals surface area (Å²) in [6.45, 7) is 12.4. The van der Waals surface area contributed by atoms with E-state index in [0.29, 0.717) is 0 Å². The van der Waals surface area contributed by atoms with Gasteiger partial charge in [-0.15, -0.1) is 0 Å². The van der Waals surface area contributed by atoms with Crippen LogP contribution in [0.5, 0.6) is 0 Å². The predicted octanol–water partition coefficient (Wildman–Crippen LogP) is 0.539. The normalized spacial score (nSPS) is 20.7. The molecular formula is C12H25N3O. The molecule has 1 atom stereocenters. The topological polar surface area (TPSA) is 35.6 Å². The Hall–Kier alpha value is -0.610. The quantitative estimate of drug-likeness (QED) is 0.744. The minimum Gasteiger partial charge on any atom is -0.355 e. The van der Waals surface area contributed by atoms with E-state index in [0.717, 1.165) is 45.7 Å². The van der Waals surface area contributed by atoms with Crippen LogP contribution in [-0.2, 0) is 4.79 Å². The summed E-state index contributed by atoms with van der Waals surface area (Å²) in [6, 6.07) is 0.0190. The third-order valence-corrected chi connectivity index (χ3v) is 3.33. The van der Waals surface area contributed by atoms with Gasteiger partial charge in [-0.2, -0.15) is 0 Å². The maximum atomic E-state index is 11.8. The van der Waals surface area contributed by atoms with E-state index >= 15 is 0 Å². The first kappa shape index (κ1) is 13.5. The number of amides is 1. The molecule has 0 radical (unpaired) electrons. The summed E-state index contributed by atoms with van der Waals surface area (Å²) in [5.74, 6) is 0.173. The molecule has 1 N–H and O–H groups in total. The van der Waals surface area contributed by atoms with Crippen molar-refractivity contribution in [1.82, 2.24) is 15.1 Å². The molecule has 0 bridgehead atoms. The summed E-state index contributed by atoms with van der Waals surface area (Å²) in [7, 11) is 0. The lowest BCUT2D eigenvalue weighted by Gasteiger charge is -2.36. The average molecular weight is 227 g/mol. The Morgan fingerprint density at radius 2 is 1.88 bits per heavy atom. The van der Waals surface area contributed by atoms with Crippen molar-refractivity contribution in [1.29, 1.82) is 0 Å². The van der Waals surface area contributed by atoms with Crippen molar-refractivity contribution in [3.8, 4) is 0 Å². The molecule has 1 heterocycles. The van der Waals surface area contributed by atoms with Crippen LogP contribution in [0.2, 0.25) is 0 Å². The molecule has 1 fully saturated rings. The second-order valence-corrected chi connectivity index (χ2v) is 4.44. The highest BCUT2D eigenvalue weighted by Gasteiger charge is 2.24. The zero-order valence-electron chi connectivity index (χ0n) is 10.8. The lowest BCUT2D eigenvalue weighted by Crippen LogP contribution is -2.53. The number of nitrogens with one attached hydrogen (secondary N) is 1. The molecule has 1 aliphatic heterocycles. The van der Waals surface area contributed by atoms with Gasteiger partial charge < -0.3 is 10.2 Å². The second kappa shape index (κ2) is 6.86. The fourth-order valence-corrected chi connectivity index (χ4v) is 2.03. The van der Waals surface area contributed by atoms with Gasteiger partial charge in [-0.25, -0.2) is 0 Å². The zero-order chi connectivity index (χ0) is 12.0. The van der Waals surface area contributed by atoms with Crippen LogP contribution >= 0.6 is 0 Å². The number of hydrogen-bond donors (Lipinski definition) is 1. The van der Waals surface area contributed by atoms with Gasteiger partial charge in [0.15, 0.2) is 0 Å². The van der Waals surface area contributed by atoms with Crippen LogP contribution in [0.4, 0.5) is 0 Å². The Morgan fingerprint density at radius 3 is 2.38 bits per heavy atom. The number of carbonyl (C=O) groups is 1. The molecule has 4 nitrogen and oxygen atoms in total. The van der Waals surface area contributed by atoms with Crippen molar-refractivity contribution >= 4 is 5.91 Å². The summed E-state index contributed by atoms with van der Waals surface area (Å²) < 4.78 is 0. The van der Waals surface area contributed by atoms with Gasteiger partial charge in [-0.05, 0) is 19.9 Å². The van der Waals surface area contributed by atoms with E-state index in [4.69, 9.17) is 0 Å². The first-order valence-electron chi connectivity index (χ1n) is 6.43. The molecule has 1 amide bonds. The van der Waals surface area contributed by atoms with Gasteiger partial charge in [0.25, 0.3) is 0 Å². The number of likely N-dealkylation sites (N-methyl/N-ethyl adjacent to an activating group) is 1. The summed E-state index contributed by atoms with van der Waals surface area (Å²) in [4.78, 5) is 16.5. The molecule has 94 valence electrons. The monoisotopic (exact) mass is 227 g/mol. The van der Waals surface area contributed by atoms with E-state index < -0.39 is 0 Å². The molecule has 16 heavy (non-hydrogen) atoms. The first-order valence-corrected chi connectivity index (χ1v) is 6.43. The van der Waals surface area contributed by atoms with Gasteiger partial charge in [0, 0.05) is 32.7 Å². The highest BCUT2D eigenvalue weighted by atomic mass is 16.2. The van der Waals surface area contributed by atoms with Crippen LogP contribution in [0.3, 0.4) is 0 Å². The molecular weight excluding hydrogens is 202 g/mol. The number of carbonyl (C=O) groups excluding carboxylic acids is 1. The van der Waals surface area contributed by atoms with E-state index in [1.807, 2.05) is 6.92 Å². The fourth-order valence-electron chi connectivity index (χ4n) is 2.03. The Balaban J connectivity index is 2.32. The lowest BCUT2D eigenvalue weighted by atomic mass is 10.2. The Bertz CT molecular complexity index is 212. The summed E-state index contributed by atoms with van der Waals surface area (Å²) >= 11 is 0. The van der Waals surface area contributed by atoms with Crippen molar-refractivity contribution in [2.24, 2.45) is 0 Å². The first-order chi connectivity index (χ1) is 7.69. The number of nitrogens with zero attached hydrogens (tertiary/aromatic N) is 2. The van der Waals surface area contributed by atoms with Gasteiger partial charge in [0.05, 0.1) is 6.04 Å². The smallest absolute Gasteiger partial charge is 0.237 e. The SMILES string of the molecule is CCCNC(=O)C(C)N1CCN(CC)CC1. The fraction of sp³-hybridized carbons (Fsp3) is 0.917. The van der Waals surface area contributed by atoms with Crippen LogP contribution in [0.25, 0.3) is 0 Å². The highest BCUT2D eigenvalue weighted by Crippen LogP contribution is 2.06. The summed E-state index contributed by atoms with van der Waals surface area (Å²) in [5, 5.41) is 2.96. The van der Waals surface area contributed by atoms with E-state index in [9.17, 15) is 4.79 Å². The van der Waals surface area contributed by atoms with Gasteiger partial charge in [0.2, 0.25) is 5.91 Å². The number of piperazine rings is 1. The van der Waals surface area contributed by atoms with E-state index in [1.165, 1.54) is 0 Å². The summed E-state index contributed by atoms with van der Waals surface area (Å²) in [6.07, 6.45) is 1.00. The molecule has 0 spiro atoms. The molecule has 1 aliphatic rings. The van der Waals surface area contributed by atoms with Crippen molar-refractivity contribution < 1.29 is 4.79 Å². The largest absolute Gasteiger partial charge is 0.355 e.